The molecule has 0 radical (unpaired) electrons. The van der Waals surface area contributed by atoms with Gasteiger partial charge in [0.15, 0.2) is 0 Å². The minimum Gasteiger partial charge on any atom is -0.0622 e. The highest BCUT2D eigenvalue weighted by molar-refractivity contribution is 6.35. The molecule has 0 fully saturated rings. The van der Waals surface area contributed by atoms with Crippen LogP contribution in [0.15, 0.2) is 84.9 Å². The molecule has 0 unspecified atom stereocenters. The van der Waals surface area contributed by atoms with Gasteiger partial charge >= 0.3 is 0 Å². The van der Waals surface area contributed by atoms with Crippen LogP contribution in [0.1, 0.15) is 11.1 Å². The molecule has 0 aliphatic carbocycles. The number of benzene rings is 6. The molecule has 0 saturated heterocycles. The largest absolute Gasteiger partial charge is 0.0622 e. The summed E-state index contributed by atoms with van der Waals surface area (Å²) >= 11 is 0. The fourth-order valence-corrected chi connectivity index (χ4v) is 5.11. The van der Waals surface area contributed by atoms with Crippen LogP contribution >= 0.6 is 0 Å². The van der Waals surface area contributed by atoms with Gasteiger partial charge < -0.3 is 0 Å². The summed E-state index contributed by atoms with van der Waals surface area (Å²) in [5.74, 6) is 0. The smallest absolute Gasteiger partial charge is 0.00173 e. The Morgan fingerprint density at radius 1 is 0.429 bits per heavy atom. The third-order valence-corrected chi connectivity index (χ3v) is 6.42. The van der Waals surface area contributed by atoms with E-state index in [1.807, 2.05) is 0 Å². The molecule has 0 nitrogen and oxygen atoms in total. The second kappa shape index (κ2) is 5.56. The van der Waals surface area contributed by atoms with Gasteiger partial charge in [-0.2, -0.15) is 0 Å². The molecule has 6 aromatic carbocycles. The standard InChI is InChI=1S/C28H20/c1-17-18(2)26-24-15-7-12-20-11-6-13-21(27(20)24)22-14-8-16-23(28(22)26)25(17)19-9-4-3-5-10-19/h3-16H,1-2H3. The van der Waals surface area contributed by atoms with E-state index in [-0.39, 0.29) is 0 Å². The fraction of sp³-hybridized carbons (Fsp3) is 0.0714. The van der Waals surface area contributed by atoms with Crippen LogP contribution < -0.4 is 0 Å². The van der Waals surface area contributed by atoms with E-state index in [0.29, 0.717) is 0 Å². The van der Waals surface area contributed by atoms with Crippen LogP contribution in [0.5, 0.6) is 0 Å². The zero-order valence-corrected chi connectivity index (χ0v) is 16.1. The highest BCUT2D eigenvalue weighted by Crippen LogP contribution is 2.45. The normalized spacial score (nSPS) is 11.9. The van der Waals surface area contributed by atoms with Gasteiger partial charge in [-0.25, -0.2) is 0 Å². The Morgan fingerprint density at radius 2 is 1.04 bits per heavy atom. The lowest BCUT2D eigenvalue weighted by Gasteiger charge is -2.21. The number of fused-ring (bicyclic) bond motifs is 2. The number of hydrogen-bond acceptors (Lipinski definition) is 0. The Labute approximate surface area is 164 Å². The van der Waals surface area contributed by atoms with Crippen molar-refractivity contribution in [2.75, 3.05) is 0 Å². The molecule has 0 atom stereocenters. The molecule has 0 spiro atoms. The van der Waals surface area contributed by atoms with Gasteiger partial charge in [-0.15, -0.1) is 0 Å². The molecule has 0 N–H and O–H groups in total. The molecular weight excluding hydrogens is 336 g/mol. The quantitative estimate of drug-likeness (QED) is 0.207. The van der Waals surface area contributed by atoms with Crippen LogP contribution in [0.25, 0.3) is 54.2 Å². The molecule has 0 saturated carbocycles. The van der Waals surface area contributed by atoms with Crippen molar-refractivity contribution in [1.82, 2.24) is 0 Å². The van der Waals surface area contributed by atoms with Crippen LogP contribution in [-0.4, -0.2) is 0 Å². The molecular formula is C28H20. The maximum atomic E-state index is 2.30. The summed E-state index contributed by atoms with van der Waals surface area (Å²) < 4.78 is 0. The molecule has 6 aromatic rings. The SMILES string of the molecule is Cc1c(-c2ccccc2)c2cccc3c4cccc5cccc(c(c1C)c23)c54. The lowest BCUT2D eigenvalue weighted by molar-refractivity contribution is 1.39. The second-order valence-corrected chi connectivity index (χ2v) is 7.80. The Morgan fingerprint density at radius 3 is 1.79 bits per heavy atom. The van der Waals surface area contributed by atoms with E-state index in [4.69, 9.17) is 0 Å². The predicted molar refractivity (Wildman–Crippen MR) is 123 cm³/mol. The molecule has 0 aliphatic rings. The Bertz CT molecular complexity index is 1500. The van der Waals surface area contributed by atoms with E-state index in [1.165, 1.54) is 65.3 Å². The molecule has 6 rings (SSSR count). The minimum atomic E-state index is 1.30. The maximum absolute atomic E-state index is 2.30. The van der Waals surface area contributed by atoms with E-state index in [9.17, 15) is 0 Å². The first-order valence-corrected chi connectivity index (χ1v) is 9.89. The van der Waals surface area contributed by atoms with Crippen molar-refractivity contribution < 1.29 is 0 Å². The second-order valence-electron chi connectivity index (χ2n) is 7.80. The number of hydrogen-bond donors (Lipinski definition) is 0. The number of rotatable bonds is 1. The molecule has 132 valence electrons. The molecule has 0 heterocycles. The van der Waals surface area contributed by atoms with Crippen LogP contribution in [0.4, 0.5) is 0 Å². The summed E-state index contributed by atoms with van der Waals surface area (Å²) in [7, 11) is 0. The van der Waals surface area contributed by atoms with E-state index in [1.54, 1.807) is 0 Å². The van der Waals surface area contributed by atoms with Gasteiger partial charge in [-0.3, -0.25) is 0 Å². The Hall–Kier alpha value is -3.38. The fourth-order valence-electron chi connectivity index (χ4n) is 5.11. The zero-order valence-electron chi connectivity index (χ0n) is 16.1. The lowest BCUT2D eigenvalue weighted by atomic mass is 9.82. The molecule has 0 bridgehead atoms. The van der Waals surface area contributed by atoms with Gasteiger partial charge in [-0.1, -0.05) is 84.9 Å². The monoisotopic (exact) mass is 356 g/mol. The van der Waals surface area contributed by atoms with Crippen LogP contribution in [0.2, 0.25) is 0 Å². The van der Waals surface area contributed by atoms with Crippen molar-refractivity contribution in [2.45, 2.75) is 13.8 Å². The summed E-state index contributed by atoms with van der Waals surface area (Å²) in [6.07, 6.45) is 0. The average Bonchev–Trinajstić information content (AvgIpc) is 2.74. The predicted octanol–water partition coefficient (Wildman–Crippen LogP) is 8.02. The zero-order chi connectivity index (χ0) is 18.8. The summed E-state index contributed by atoms with van der Waals surface area (Å²) in [5.41, 5.74) is 5.43. The summed E-state index contributed by atoms with van der Waals surface area (Å²) in [4.78, 5) is 0. The highest BCUT2D eigenvalue weighted by Gasteiger charge is 2.19. The molecule has 0 aromatic heterocycles. The van der Waals surface area contributed by atoms with Crippen molar-refractivity contribution in [2.24, 2.45) is 0 Å². The Balaban J connectivity index is 1.98. The van der Waals surface area contributed by atoms with Crippen LogP contribution in [0, 0.1) is 13.8 Å². The first-order valence-electron chi connectivity index (χ1n) is 9.89. The molecule has 0 aliphatic heterocycles. The summed E-state index contributed by atoms with van der Waals surface area (Å²) in [5, 5.41) is 11.0. The molecule has 0 amide bonds. The van der Waals surface area contributed by atoms with E-state index >= 15 is 0 Å². The minimum absolute atomic E-state index is 1.30. The van der Waals surface area contributed by atoms with Gasteiger partial charge in [0.05, 0.1) is 0 Å². The summed E-state index contributed by atoms with van der Waals surface area (Å²) in [6.45, 7) is 4.57. The third kappa shape index (κ3) is 1.90. The van der Waals surface area contributed by atoms with Crippen molar-refractivity contribution in [1.29, 1.82) is 0 Å². The first-order chi connectivity index (χ1) is 13.8. The topological polar surface area (TPSA) is 0 Å². The van der Waals surface area contributed by atoms with Crippen molar-refractivity contribution in [3.8, 4) is 11.1 Å². The van der Waals surface area contributed by atoms with Gasteiger partial charge in [0.1, 0.15) is 0 Å². The van der Waals surface area contributed by atoms with Crippen molar-refractivity contribution >= 4 is 43.1 Å². The van der Waals surface area contributed by atoms with E-state index in [2.05, 4.69) is 98.8 Å². The maximum Gasteiger partial charge on any atom is -0.00173 e. The van der Waals surface area contributed by atoms with Crippen molar-refractivity contribution in [3.05, 3.63) is 96.1 Å². The van der Waals surface area contributed by atoms with Gasteiger partial charge in [0.2, 0.25) is 0 Å². The first kappa shape index (κ1) is 15.7. The highest BCUT2D eigenvalue weighted by atomic mass is 14.2. The molecule has 0 heteroatoms. The van der Waals surface area contributed by atoms with Gasteiger partial charge in [0.25, 0.3) is 0 Å². The van der Waals surface area contributed by atoms with Crippen molar-refractivity contribution in [3.63, 3.8) is 0 Å². The van der Waals surface area contributed by atoms with Gasteiger partial charge in [0, 0.05) is 0 Å². The average molecular weight is 356 g/mol. The summed E-state index contributed by atoms with van der Waals surface area (Å²) in [6, 6.07) is 31.0. The van der Waals surface area contributed by atoms with Crippen LogP contribution in [0.3, 0.4) is 0 Å². The van der Waals surface area contributed by atoms with Crippen LogP contribution in [-0.2, 0) is 0 Å². The lowest BCUT2D eigenvalue weighted by Crippen LogP contribution is -1.95. The van der Waals surface area contributed by atoms with E-state index in [0.717, 1.165) is 0 Å². The molecule has 28 heavy (non-hydrogen) atoms. The van der Waals surface area contributed by atoms with Gasteiger partial charge in [-0.05, 0) is 79.2 Å². The number of aryl methyl sites for hydroxylation is 1. The van der Waals surface area contributed by atoms with E-state index < -0.39 is 0 Å². The Kier molecular flexibility index (Phi) is 3.11. The third-order valence-electron chi connectivity index (χ3n) is 6.42.